The molecule has 0 aromatic heterocycles. The minimum atomic E-state index is 0.220. The van der Waals surface area contributed by atoms with Gasteiger partial charge in [-0.05, 0) is 31.6 Å². The summed E-state index contributed by atoms with van der Waals surface area (Å²) in [7, 11) is 0. The van der Waals surface area contributed by atoms with Crippen LogP contribution in [0, 0.1) is 5.92 Å². The van der Waals surface area contributed by atoms with Gasteiger partial charge in [-0.1, -0.05) is 13.3 Å². The summed E-state index contributed by atoms with van der Waals surface area (Å²) in [4.78, 5) is 11.4. The van der Waals surface area contributed by atoms with Crippen molar-refractivity contribution in [2.24, 2.45) is 5.92 Å². The Hall–Kier alpha value is -0.570. The van der Waals surface area contributed by atoms with Crippen molar-refractivity contribution in [3.05, 3.63) is 0 Å². The van der Waals surface area contributed by atoms with Crippen LogP contribution in [0.15, 0.2) is 0 Å². The van der Waals surface area contributed by atoms with Crippen molar-refractivity contribution in [1.29, 1.82) is 0 Å². The third kappa shape index (κ3) is 3.82. The Morgan fingerprint density at radius 2 is 2.20 bits per heavy atom. The van der Waals surface area contributed by atoms with Gasteiger partial charge in [0.25, 0.3) is 0 Å². The van der Waals surface area contributed by atoms with E-state index in [2.05, 4.69) is 17.6 Å². The standard InChI is InChI=1S/C12H22N2O/c1-2-3-9-8-11(9)13-7-6-12(15)14-10-4-5-10/h9-11,13H,2-8H2,1H3,(H,14,15). The first-order valence-corrected chi connectivity index (χ1v) is 6.32. The third-order valence-corrected chi connectivity index (χ3v) is 3.28. The largest absolute Gasteiger partial charge is 0.353 e. The van der Waals surface area contributed by atoms with E-state index in [1.807, 2.05) is 0 Å². The van der Waals surface area contributed by atoms with E-state index >= 15 is 0 Å². The summed E-state index contributed by atoms with van der Waals surface area (Å²) in [6, 6.07) is 1.21. The molecule has 3 nitrogen and oxygen atoms in total. The lowest BCUT2D eigenvalue weighted by atomic mass is 10.2. The number of carbonyl (C=O) groups excluding carboxylic acids is 1. The van der Waals surface area contributed by atoms with Gasteiger partial charge in [-0.2, -0.15) is 0 Å². The van der Waals surface area contributed by atoms with Gasteiger partial charge in [0.1, 0.15) is 0 Å². The molecule has 0 radical (unpaired) electrons. The molecule has 2 fully saturated rings. The van der Waals surface area contributed by atoms with Crippen molar-refractivity contribution in [3.8, 4) is 0 Å². The fraction of sp³-hybridized carbons (Fsp3) is 0.917. The Kier molecular flexibility index (Phi) is 3.62. The maximum Gasteiger partial charge on any atom is 0.221 e. The number of hydrogen-bond acceptors (Lipinski definition) is 2. The maximum atomic E-state index is 11.4. The topological polar surface area (TPSA) is 41.1 Å². The average Bonchev–Trinajstić information content (AvgIpc) is 3.05. The zero-order valence-corrected chi connectivity index (χ0v) is 9.59. The van der Waals surface area contributed by atoms with Crippen LogP contribution in [0.1, 0.15) is 45.4 Å². The summed E-state index contributed by atoms with van der Waals surface area (Å²) >= 11 is 0. The predicted octanol–water partition coefficient (Wildman–Crippen LogP) is 1.43. The van der Waals surface area contributed by atoms with Gasteiger partial charge in [0.2, 0.25) is 5.91 Å². The molecule has 0 aromatic rings. The number of nitrogens with one attached hydrogen (secondary N) is 2. The summed E-state index contributed by atoms with van der Waals surface area (Å²) in [5, 5.41) is 6.46. The van der Waals surface area contributed by atoms with E-state index < -0.39 is 0 Å². The Morgan fingerprint density at radius 3 is 2.87 bits per heavy atom. The highest BCUT2D eigenvalue weighted by atomic mass is 16.1. The summed E-state index contributed by atoms with van der Waals surface area (Å²) < 4.78 is 0. The van der Waals surface area contributed by atoms with Crippen molar-refractivity contribution in [2.75, 3.05) is 6.54 Å². The second-order valence-corrected chi connectivity index (χ2v) is 4.94. The normalized spacial score (nSPS) is 28.9. The number of rotatable bonds is 7. The second kappa shape index (κ2) is 4.97. The van der Waals surface area contributed by atoms with E-state index in [0.29, 0.717) is 18.5 Å². The number of hydrogen-bond donors (Lipinski definition) is 2. The highest BCUT2D eigenvalue weighted by Gasteiger charge is 2.35. The van der Waals surface area contributed by atoms with Crippen molar-refractivity contribution >= 4 is 5.91 Å². The first kappa shape index (κ1) is 10.9. The molecule has 1 amide bonds. The summed E-state index contributed by atoms with van der Waals surface area (Å²) in [6.07, 6.45) is 6.95. The lowest BCUT2D eigenvalue weighted by Crippen LogP contribution is -2.30. The van der Waals surface area contributed by atoms with Crippen molar-refractivity contribution in [2.45, 2.75) is 57.5 Å². The second-order valence-electron chi connectivity index (χ2n) is 4.94. The third-order valence-electron chi connectivity index (χ3n) is 3.28. The van der Waals surface area contributed by atoms with Gasteiger partial charge in [0.05, 0.1) is 0 Å². The van der Waals surface area contributed by atoms with E-state index in [1.165, 1.54) is 32.1 Å². The van der Waals surface area contributed by atoms with E-state index in [-0.39, 0.29) is 5.91 Å². The van der Waals surface area contributed by atoms with Crippen LogP contribution < -0.4 is 10.6 Å². The highest BCUT2D eigenvalue weighted by Crippen LogP contribution is 2.34. The molecule has 0 heterocycles. The van der Waals surface area contributed by atoms with E-state index in [4.69, 9.17) is 0 Å². The van der Waals surface area contributed by atoms with Crippen molar-refractivity contribution in [3.63, 3.8) is 0 Å². The Balaban J connectivity index is 1.46. The van der Waals surface area contributed by atoms with E-state index in [0.717, 1.165) is 12.5 Å². The smallest absolute Gasteiger partial charge is 0.221 e. The molecular weight excluding hydrogens is 188 g/mol. The average molecular weight is 210 g/mol. The minimum Gasteiger partial charge on any atom is -0.353 e. The van der Waals surface area contributed by atoms with Crippen LogP contribution in [0.2, 0.25) is 0 Å². The molecule has 86 valence electrons. The van der Waals surface area contributed by atoms with Gasteiger partial charge < -0.3 is 10.6 Å². The van der Waals surface area contributed by atoms with Gasteiger partial charge in [-0.25, -0.2) is 0 Å². The van der Waals surface area contributed by atoms with Gasteiger partial charge in [-0.3, -0.25) is 4.79 Å². The molecule has 2 rings (SSSR count). The summed E-state index contributed by atoms with van der Waals surface area (Å²) in [6.45, 7) is 3.09. The lowest BCUT2D eigenvalue weighted by molar-refractivity contribution is -0.121. The quantitative estimate of drug-likeness (QED) is 0.667. The number of amides is 1. The molecule has 2 atom stereocenters. The molecule has 2 aliphatic rings. The zero-order chi connectivity index (χ0) is 10.7. The predicted molar refractivity (Wildman–Crippen MR) is 60.6 cm³/mol. The van der Waals surface area contributed by atoms with Crippen molar-refractivity contribution in [1.82, 2.24) is 10.6 Å². The Labute approximate surface area is 92.0 Å². The molecule has 0 spiro atoms. The Morgan fingerprint density at radius 1 is 1.40 bits per heavy atom. The van der Waals surface area contributed by atoms with Crippen molar-refractivity contribution < 1.29 is 4.79 Å². The fourth-order valence-electron chi connectivity index (χ4n) is 2.09. The van der Waals surface area contributed by atoms with Crippen LogP contribution in [0.5, 0.6) is 0 Å². The molecule has 2 N–H and O–H groups in total. The molecule has 0 saturated heterocycles. The van der Waals surface area contributed by atoms with Crippen LogP contribution in [-0.4, -0.2) is 24.5 Å². The molecule has 0 aromatic carbocycles. The molecule has 0 bridgehead atoms. The monoisotopic (exact) mass is 210 g/mol. The highest BCUT2D eigenvalue weighted by molar-refractivity contribution is 5.76. The SMILES string of the molecule is CCCC1CC1NCCC(=O)NC1CC1. The van der Waals surface area contributed by atoms with Crippen LogP contribution >= 0.6 is 0 Å². The van der Waals surface area contributed by atoms with E-state index in [9.17, 15) is 4.79 Å². The first-order chi connectivity index (χ1) is 7.29. The van der Waals surface area contributed by atoms with Gasteiger partial charge >= 0.3 is 0 Å². The summed E-state index contributed by atoms with van der Waals surface area (Å²) in [5.74, 6) is 1.11. The lowest BCUT2D eigenvalue weighted by Gasteiger charge is -2.04. The zero-order valence-electron chi connectivity index (χ0n) is 9.59. The molecule has 2 saturated carbocycles. The molecule has 3 heteroatoms. The van der Waals surface area contributed by atoms with Crippen LogP contribution in [0.3, 0.4) is 0 Å². The van der Waals surface area contributed by atoms with Crippen LogP contribution in [0.4, 0.5) is 0 Å². The molecule has 2 unspecified atom stereocenters. The molecule has 15 heavy (non-hydrogen) atoms. The van der Waals surface area contributed by atoms with Gasteiger partial charge in [0.15, 0.2) is 0 Å². The van der Waals surface area contributed by atoms with Crippen LogP contribution in [-0.2, 0) is 4.79 Å². The van der Waals surface area contributed by atoms with E-state index in [1.54, 1.807) is 0 Å². The molecular formula is C12H22N2O. The first-order valence-electron chi connectivity index (χ1n) is 6.32. The van der Waals surface area contributed by atoms with Gasteiger partial charge in [-0.15, -0.1) is 0 Å². The maximum absolute atomic E-state index is 11.4. The Bertz CT molecular complexity index is 226. The van der Waals surface area contributed by atoms with Crippen LogP contribution in [0.25, 0.3) is 0 Å². The summed E-state index contributed by atoms with van der Waals surface area (Å²) in [5.41, 5.74) is 0. The molecule has 2 aliphatic carbocycles. The minimum absolute atomic E-state index is 0.220. The number of carbonyl (C=O) groups is 1. The fourth-order valence-corrected chi connectivity index (χ4v) is 2.09. The molecule has 0 aliphatic heterocycles. The van der Waals surface area contributed by atoms with Gasteiger partial charge in [0, 0.05) is 25.0 Å².